The van der Waals surface area contributed by atoms with E-state index in [1.54, 1.807) is 16.8 Å². The van der Waals surface area contributed by atoms with E-state index < -0.39 is 0 Å². The molecular formula is C12H11N5O. The monoisotopic (exact) mass is 241 g/mol. The number of pyridine rings is 1. The van der Waals surface area contributed by atoms with Gasteiger partial charge in [0.2, 0.25) is 0 Å². The summed E-state index contributed by atoms with van der Waals surface area (Å²) in [7, 11) is 0. The van der Waals surface area contributed by atoms with Crippen molar-refractivity contribution in [1.29, 1.82) is 0 Å². The molecule has 2 N–H and O–H groups in total. The highest BCUT2D eigenvalue weighted by Crippen LogP contribution is 2.11. The van der Waals surface area contributed by atoms with Gasteiger partial charge >= 0.3 is 0 Å². The first-order valence-electron chi connectivity index (χ1n) is 5.49. The number of carbonyl (C=O) groups excluding carboxylic acids is 1. The van der Waals surface area contributed by atoms with E-state index in [4.69, 9.17) is 0 Å². The lowest BCUT2D eigenvalue weighted by Gasteiger charge is -1.99. The Bertz CT molecular complexity index is 679. The third-order valence-corrected chi connectivity index (χ3v) is 2.66. The van der Waals surface area contributed by atoms with Crippen LogP contribution >= 0.6 is 0 Å². The van der Waals surface area contributed by atoms with Crippen LogP contribution in [0.1, 0.15) is 16.1 Å². The number of imidazole rings is 1. The van der Waals surface area contributed by atoms with Gasteiger partial charge < -0.3 is 9.72 Å². The van der Waals surface area contributed by atoms with E-state index in [0.717, 1.165) is 11.2 Å². The fourth-order valence-electron chi connectivity index (χ4n) is 1.69. The van der Waals surface area contributed by atoms with Crippen LogP contribution in [-0.4, -0.2) is 25.5 Å². The number of aromatic amines is 1. The molecule has 0 atom stereocenters. The van der Waals surface area contributed by atoms with Crippen LogP contribution in [0.25, 0.3) is 5.65 Å². The van der Waals surface area contributed by atoms with Crippen LogP contribution in [0.2, 0.25) is 0 Å². The molecule has 0 radical (unpaired) electrons. The predicted molar refractivity (Wildman–Crippen MR) is 66.5 cm³/mol. The normalized spacial score (nSPS) is 10.7. The zero-order chi connectivity index (χ0) is 12.5. The molecule has 3 aromatic rings. The summed E-state index contributed by atoms with van der Waals surface area (Å²) >= 11 is 0. The molecule has 0 aliphatic heterocycles. The van der Waals surface area contributed by atoms with Crippen LogP contribution in [0.4, 0.5) is 5.82 Å². The highest BCUT2D eigenvalue weighted by molar-refractivity contribution is 6.03. The molecule has 0 saturated heterocycles. The maximum Gasteiger partial charge on any atom is 0.277 e. The van der Waals surface area contributed by atoms with Crippen LogP contribution in [0.5, 0.6) is 0 Å². The Balaban J connectivity index is 1.90. The Hall–Kier alpha value is -2.63. The van der Waals surface area contributed by atoms with Crippen LogP contribution in [0, 0.1) is 6.92 Å². The van der Waals surface area contributed by atoms with Crippen molar-refractivity contribution in [1.82, 2.24) is 19.6 Å². The number of nitrogens with one attached hydrogen (secondary N) is 2. The van der Waals surface area contributed by atoms with Crippen molar-refractivity contribution in [3.63, 3.8) is 0 Å². The Morgan fingerprint density at radius 2 is 2.33 bits per heavy atom. The Morgan fingerprint density at radius 1 is 1.44 bits per heavy atom. The zero-order valence-corrected chi connectivity index (χ0v) is 9.71. The highest BCUT2D eigenvalue weighted by atomic mass is 16.2. The van der Waals surface area contributed by atoms with Crippen LogP contribution < -0.4 is 5.32 Å². The maximum absolute atomic E-state index is 12.0. The third-order valence-electron chi connectivity index (χ3n) is 2.66. The summed E-state index contributed by atoms with van der Waals surface area (Å²) in [6.07, 6.45) is 5.19. The van der Waals surface area contributed by atoms with E-state index >= 15 is 0 Å². The first kappa shape index (κ1) is 10.5. The summed E-state index contributed by atoms with van der Waals surface area (Å²) in [5, 5.41) is 9.30. The van der Waals surface area contributed by atoms with Gasteiger partial charge in [-0.05, 0) is 19.1 Å². The molecule has 6 nitrogen and oxygen atoms in total. The summed E-state index contributed by atoms with van der Waals surface area (Å²) in [6.45, 7) is 1.86. The van der Waals surface area contributed by atoms with Gasteiger partial charge in [0.05, 0.1) is 6.20 Å². The molecule has 0 spiro atoms. The molecule has 0 bridgehead atoms. The Labute approximate surface area is 103 Å². The first-order valence-corrected chi connectivity index (χ1v) is 5.49. The molecule has 0 aliphatic carbocycles. The number of anilines is 1. The number of aryl methyl sites for hydroxylation is 1. The molecule has 0 unspecified atom stereocenters. The van der Waals surface area contributed by atoms with Crippen LogP contribution in [0.3, 0.4) is 0 Å². The van der Waals surface area contributed by atoms with E-state index in [0.29, 0.717) is 11.5 Å². The minimum atomic E-state index is -0.258. The quantitative estimate of drug-likeness (QED) is 0.715. The van der Waals surface area contributed by atoms with Gasteiger partial charge in [-0.2, -0.15) is 5.10 Å². The topological polar surface area (TPSA) is 75.1 Å². The van der Waals surface area contributed by atoms with Gasteiger partial charge in [0.25, 0.3) is 5.91 Å². The van der Waals surface area contributed by atoms with E-state index in [1.807, 2.05) is 31.3 Å². The second kappa shape index (κ2) is 3.99. The summed E-state index contributed by atoms with van der Waals surface area (Å²) in [5.41, 5.74) is 1.99. The van der Waals surface area contributed by atoms with Crippen molar-refractivity contribution in [2.24, 2.45) is 0 Å². The fraction of sp³-hybridized carbons (Fsp3) is 0.0833. The Kier molecular flexibility index (Phi) is 2.33. The lowest BCUT2D eigenvalue weighted by atomic mass is 10.3. The smallest absolute Gasteiger partial charge is 0.277 e. The highest BCUT2D eigenvalue weighted by Gasteiger charge is 2.12. The van der Waals surface area contributed by atoms with Gasteiger partial charge in [-0.3, -0.25) is 9.89 Å². The van der Waals surface area contributed by atoms with E-state index in [1.165, 1.54) is 0 Å². The fourth-order valence-corrected chi connectivity index (χ4v) is 1.69. The summed E-state index contributed by atoms with van der Waals surface area (Å²) in [5.74, 6) is 0.336. The number of hydrogen-bond donors (Lipinski definition) is 2. The minimum absolute atomic E-state index is 0.258. The largest absolute Gasteiger partial charge is 0.306 e. The second-order valence-corrected chi connectivity index (χ2v) is 3.97. The molecule has 18 heavy (non-hydrogen) atoms. The number of H-pyrrole nitrogens is 1. The number of amides is 1. The van der Waals surface area contributed by atoms with Crippen molar-refractivity contribution in [3.05, 3.63) is 48.0 Å². The van der Waals surface area contributed by atoms with Crippen molar-refractivity contribution >= 4 is 17.4 Å². The molecule has 90 valence electrons. The average molecular weight is 241 g/mol. The molecule has 6 heteroatoms. The predicted octanol–water partition coefficient (Wildman–Crippen LogP) is 1.62. The number of rotatable bonds is 2. The number of aromatic nitrogens is 4. The van der Waals surface area contributed by atoms with Gasteiger partial charge in [0, 0.05) is 18.0 Å². The molecule has 0 fully saturated rings. The summed E-state index contributed by atoms with van der Waals surface area (Å²) in [4.78, 5) is 16.2. The van der Waals surface area contributed by atoms with Gasteiger partial charge in [-0.1, -0.05) is 6.07 Å². The summed E-state index contributed by atoms with van der Waals surface area (Å²) < 4.78 is 1.80. The lowest BCUT2D eigenvalue weighted by Crippen LogP contribution is -2.13. The molecule has 3 heterocycles. The number of fused-ring (bicyclic) bond motifs is 1. The van der Waals surface area contributed by atoms with Crippen molar-refractivity contribution in [2.75, 3.05) is 5.32 Å². The van der Waals surface area contributed by atoms with Gasteiger partial charge in [-0.25, -0.2) is 4.98 Å². The van der Waals surface area contributed by atoms with Crippen molar-refractivity contribution in [2.45, 2.75) is 6.92 Å². The standard InChI is InChI=1S/C12H11N5O/c1-8-6-13-16-11(8)15-12(18)9-7-17-5-3-2-4-10(17)14-9/h2-7H,1H3,(H2,13,15,16,18). The second-order valence-electron chi connectivity index (χ2n) is 3.97. The maximum atomic E-state index is 12.0. The Morgan fingerprint density at radius 3 is 3.06 bits per heavy atom. The van der Waals surface area contributed by atoms with Gasteiger partial charge in [0.15, 0.2) is 0 Å². The third kappa shape index (κ3) is 1.73. The molecule has 0 saturated carbocycles. The molecule has 3 rings (SSSR count). The van der Waals surface area contributed by atoms with Gasteiger partial charge in [0.1, 0.15) is 17.2 Å². The molecule has 1 amide bonds. The lowest BCUT2D eigenvalue weighted by molar-refractivity contribution is 0.102. The van der Waals surface area contributed by atoms with Gasteiger partial charge in [-0.15, -0.1) is 0 Å². The molecule has 0 aromatic carbocycles. The van der Waals surface area contributed by atoms with E-state index in [9.17, 15) is 4.79 Å². The molecule has 3 aromatic heterocycles. The van der Waals surface area contributed by atoms with Crippen LogP contribution in [0.15, 0.2) is 36.8 Å². The summed E-state index contributed by atoms with van der Waals surface area (Å²) in [6, 6.07) is 5.61. The number of hydrogen-bond acceptors (Lipinski definition) is 3. The van der Waals surface area contributed by atoms with Crippen molar-refractivity contribution < 1.29 is 4.79 Å². The minimum Gasteiger partial charge on any atom is -0.306 e. The zero-order valence-electron chi connectivity index (χ0n) is 9.71. The average Bonchev–Trinajstić information content (AvgIpc) is 2.96. The van der Waals surface area contributed by atoms with E-state index in [-0.39, 0.29) is 5.91 Å². The van der Waals surface area contributed by atoms with Crippen LogP contribution in [-0.2, 0) is 0 Å². The SMILES string of the molecule is Cc1cn[nH]c1NC(=O)c1cn2ccccc2n1. The number of nitrogens with zero attached hydrogens (tertiary/aromatic N) is 3. The molecular weight excluding hydrogens is 230 g/mol. The number of carbonyl (C=O) groups is 1. The molecule has 0 aliphatic rings. The first-order chi connectivity index (χ1) is 8.74. The van der Waals surface area contributed by atoms with E-state index in [2.05, 4.69) is 20.5 Å². The van der Waals surface area contributed by atoms with Crippen molar-refractivity contribution in [3.8, 4) is 0 Å².